The Kier molecular flexibility index (Phi) is 2.94. The molecule has 0 aliphatic heterocycles. The van der Waals surface area contributed by atoms with Crippen LogP contribution in [0, 0.1) is 11.5 Å². The molecule has 0 aromatic rings. The summed E-state index contributed by atoms with van der Waals surface area (Å²) in [6.45, 7) is 0. The summed E-state index contributed by atoms with van der Waals surface area (Å²) in [4.78, 5) is 0. The summed E-state index contributed by atoms with van der Waals surface area (Å²) < 4.78 is 5.49. The van der Waals surface area contributed by atoms with Crippen LogP contribution in [-0.2, 0) is 4.74 Å². The number of ether oxygens (including phenoxy) is 1. The van der Waals surface area contributed by atoms with Gasteiger partial charge in [0.05, 0.1) is 4.48 Å². The Bertz CT molecular complexity index is 270. The van der Waals surface area contributed by atoms with Crippen molar-refractivity contribution < 1.29 is 4.74 Å². The predicted octanol–water partition coefficient (Wildman–Crippen LogP) is 2.61. The maximum absolute atomic E-state index is 8.25. The van der Waals surface area contributed by atoms with Crippen molar-refractivity contribution in [2.45, 2.75) is 6.42 Å². The molecule has 1 rings (SSSR count). The molecule has 0 unspecified atom stereocenters. The predicted molar refractivity (Wildman–Crippen MR) is 45.5 cm³/mol. The Morgan fingerprint density at radius 1 is 1.64 bits per heavy atom. The molecule has 0 radical (unpaired) electrons. The van der Waals surface area contributed by atoms with Gasteiger partial charge in [-0.15, -0.1) is 5.26 Å². The third-order valence-corrected chi connectivity index (χ3v) is 1.86. The number of hydrogen-bond acceptors (Lipinski definition) is 2. The summed E-state index contributed by atoms with van der Waals surface area (Å²) in [6.07, 6.45) is 10.00. The molecule has 0 heterocycles. The second-order valence-electron chi connectivity index (χ2n) is 1.94. The fourth-order valence-corrected chi connectivity index (χ4v) is 1.12. The average molecular weight is 212 g/mol. The largest absolute Gasteiger partial charge is 0.387 e. The van der Waals surface area contributed by atoms with Crippen molar-refractivity contribution in [3.05, 3.63) is 34.5 Å². The molecular formula is C8H6BrNO. The van der Waals surface area contributed by atoms with Crippen molar-refractivity contribution in [3.8, 4) is 6.26 Å². The summed E-state index contributed by atoms with van der Waals surface area (Å²) in [6, 6.07) is 0. The van der Waals surface area contributed by atoms with Crippen molar-refractivity contribution in [2.75, 3.05) is 0 Å². The summed E-state index contributed by atoms with van der Waals surface area (Å²) in [5.74, 6) is 0.581. The third kappa shape index (κ3) is 2.24. The van der Waals surface area contributed by atoms with Gasteiger partial charge in [0.2, 0.25) is 0 Å². The van der Waals surface area contributed by atoms with Gasteiger partial charge in [0.1, 0.15) is 0 Å². The zero-order chi connectivity index (χ0) is 8.10. The summed E-state index contributed by atoms with van der Waals surface area (Å²) in [5.41, 5.74) is 0. The van der Waals surface area contributed by atoms with Crippen LogP contribution in [0.5, 0.6) is 0 Å². The topological polar surface area (TPSA) is 33.0 Å². The molecule has 0 atom stereocenters. The summed E-state index contributed by atoms with van der Waals surface area (Å²) in [7, 11) is 0. The Morgan fingerprint density at radius 3 is 3.18 bits per heavy atom. The van der Waals surface area contributed by atoms with Gasteiger partial charge >= 0.3 is 0 Å². The van der Waals surface area contributed by atoms with Crippen molar-refractivity contribution in [1.29, 1.82) is 5.26 Å². The van der Waals surface area contributed by atoms with E-state index in [1.54, 1.807) is 6.26 Å². The molecule has 0 bridgehead atoms. The van der Waals surface area contributed by atoms with Crippen molar-refractivity contribution in [2.24, 2.45) is 0 Å². The molecule has 3 heteroatoms. The van der Waals surface area contributed by atoms with E-state index in [0.717, 1.165) is 10.9 Å². The lowest BCUT2D eigenvalue weighted by Crippen LogP contribution is -1.83. The summed E-state index contributed by atoms with van der Waals surface area (Å²) in [5, 5.41) is 8.25. The summed E-state index contributed by atoms with van der Waals surface area (Å²) >= 11 is 3.27. The van der Waals surface area contributed by atoms with Crippen LogP contribution in [0.15, 0.2) is 34.5 Å². The highest BCUT2D eigenvalue weighted by molar-refractivity contribution is 9.11. The molecule has 56 valence electrons. The van der Waals surface area contributed by atoms with Crippen molar-refractivity contribution >= 4 is 15.9 Å². The van der Waals surface area contributed by atoms with E-state index in [4.69, 9.17) is 5.26 Å². The lowest BCUT2D eigenvalue weighted by atomic mass is 10.3. The standard InChI is InChI=1S/C8H6BrNO/c9-7-4-2-1-3-5-8(7)11-6-10/h1-2,4-5H,3H2. The second kappa shape index (κ2) is 3.99. The Labute approximate surface area is 73.6 Å². The highest BCUT2D eigenvalue weighted by atomic mass is 79.9. The van der Waals surface area contributed by atoms with E-state index in [1.807, 2.05) is 24.3 Å². The molecular weight excluding hydrogens is 206 g/mol. The SMILES string of the molecule is N#COC1=CCC=CC=C1Br. The van der Waals surface area contributed by atoms with Crippen LogP contribution in [0.1, 0.15) is 6.42 Å². The first kappa shape index (κ1) is 8.09. The van der Waals surface area contributed by atoms with Crippen molar-refractivity contribution in [3.63, 3.8) is 0 Å². The van der Waals surface area contributed by atoms with Crippen LogP contribution in [0.25, 0.3) is 0 Å². The molecule has 0 aromatic heterocycles. The number of halogens is 1. The molecule has 1 aliphatic carbocycles. The lowest BCUT2D eigenvalue weighted by molar-refractivity contribution is 0.390. The van der Waals surface area contributed by atoms with Crippen LogP contribution in [0.2, 0.25) is 0 Å². The van der Waals surface area contributed by atoms with Gasteiger partial charge < -0.3 is 4.74 Å². The lowest BCUT2D eigenvalue weighted by Gasteiger charge is -1.97. The fourth-order valence-electron chi connectivity index (χ4n) is 0.725. The maximum atomic E-state index is 8.25. The molecule has 0 amide bonds. The van der Waals surface area contributed by atoms with Gasteiger partial charge in [-0.2, -0.15) is 0 Å². The van der Waals surface area contributed by atoms with Crippen LogP contribution in [-0.4, -0.2) is 0 Å². The van der Waals surface area contributed by atoms with Crippen molar-refractivity contribution in [1.82, 2.24) is 0 Å². The van der Waals surface area contributed by atoms with Gasteiger partial charge in [0, 0.05) is 0 Å². The number of nitriles is 1. The first-order valence-corrected chi connectivity index (χ1v) is 3.92. The Morgan fingerprint density at radius 2 is 2.45 bits per heavy atom. The minimum atomic E-state index is 0.581. The number of nitrogens with zero attached hydrogens (tertiary/aromatic N) is 1. The van der Waals surface area contributed by atoms with E-state index in [1.165, 1.54) is 0 Å². The highest BCUT2D eigenvalue weighted by Gasteiger charge is 2.02. The molecule has 0 saturated heterocycles. The van der Waals surface area contributed by atoms with E-state index < -0.39 is 0 Å². The minimum Gasteiger partial charge on any atom is -0.387 e. The molecule has 1 aliphatic rings. The number of allylic oxidation sites excluding steroid dienone is 5. The first-order valence-electron chi connectivity index (χ1n) is 3.13. The Hall–Kier alpha value is -1.01. The normalized spacial score (nSPS) is 16.0. The average Bonchev–Trinajstić information content (AvgIpc) is 2.18. The minimum absolute atomic E-state index is 0.581. The highest BCUT2D eigenvalue weighted by Crippen LogP contribution is 2.20. The molecule has 11 heavy (non-hydrogen) atoms. The Balaban J connectivity index is 2.79. The van der Waals surface area contributed by atoms with Crippen LogP contribution in [0.4, 0.5) is 0 Å². The molecule has 0 fully saturated rings. The monoisotopic (exact) mass is 211 g/mol. The van der Waals surface area contributed by atoms with Gasteiger partial charge in [-0.25, -0.2) is 0 Å². The number of hydrogen-bond donors (Lipinski definition) is 0. The van der Waals surface area contributed by atoms with Gasteiger partial charge in [-0.3, -0.25) is 0 Å². The molecule has 0 spiro atoms. The van der Waals surface area contributed by atoms with Gasteiger partial charge in [-0.1, -0.05) is 12.2 Å². The quantitative estimate of drug-likeness (QED) is 0.626. The smallest absolute Gasteiger partial charge is 0.292 e. The van der Waals surface area contributed by atoms with Crippen LogP contribution < -0.4 is 0 Å². The van der Waals surface area contributed by atoms with E-state index in [9.17, 15) is 0 Å². The van der Waals surface area contributed by atoms with Gasteiger partial charge in [0.25, 0.3) is 6.26 Å². The molecule has 2 nitrogen and oxygen atoms in total. The zero-order valence-electron chi connectivity index (χ0n) is 5.75. The number of rotatable bonds is 1. The molecule has 0 saturated carbocycles. The second-order valence-corrected chi connectivity index (χ2v) is 2.79. The first-order chi connectivity index (χ1) is 5.34. The third-order valence-electron chi connectivity index (χ3n) is 1.21. The van der Waals surface area contributed by atoms with E-state index in [-0.39, 0.29) is 0 Å². The molecule has 0 N–H and O–H groups in total. The fraction of sp³-hybridized carbons (Fsp3) is 0.125. The van der Waals surface area contributed by atoms with Crippen LogP contribution >= 0.6 is 15.9 Å². The van der Waals surface area contributed by atoms with Crippen LogP contribution in [0.3, 0.4) is 0 Å². The van der Waals surface area contributed by atoms with E-state index >= 15 is 0 Å². The maximum Gasteiger partial charge on any atom is 0.292 e. The van der Waals surface area contributed by atoms with E-state index in [2.05, 4.69) is 20.7 Å². The van der Waals surface area contributed by atoms with E-state index in [0.29, 0.717) is 5.76 Å². The zero-order valence-corrected chi connectivity index (χ0v) is 7.34. The van der Waals surface area contributed by atoms with Gasteiger partial charge in [0.15, 0.2) is 5.76 Å². The molecule has 0 aromatic carbocycles. The van der Waals surface area contributed by atoms with Gasteiger partial charge in [-0.05, 0) is 34.5 Å².